The fourth-order valence-corrected chi connectivity index (χ4v) is 1.99. The number of carbonyl (C=O) groups is 1. The largest absolute Gasteiger partial charge is 0.489 e. The molecule has 0 spiro atoms. The number of nitrogens with one attached hydrogen (secondary N) is 1. The molecule has 0 bridgehead atoms. The zero-order chi connectivity index (χ0) is 15.1. The Morgan fingerprint density at radius 3 is 2.62 bits per heavy atom. The molecule has 110 valence electrons. The summed E-state index contributed by atoms with van der Waals surface area (Å²) in [6, 6.07) is 14.8. The van der Waals surface area contributed by atoms with Gasteiger partial charge in [0.1, 0.15) is 12.4 Å². The van der Waals surface area contributed by atoms with E-state index in [9.17, 15) is 4.79 Å². The van der Waals surface area contributed by atoms with E-state index in [1.165, 1.54) is 0 Å². The summed E-state index contributed by atoms with van der Waals surface area (Å²) >= 11 is 0. The monoisotopic (exact) mass is 286 g/mol. The van der Waals surface area contributed by atoms with E-state index < -0.39 is 0 Å². The number of hydrogen-bond acceptors (Lipinski definition) is 4. The topological polar surface area (TPSA) is 84.6 Å². The summed E-state index contributed by atoms with van der Waals surface area (Å²) in [4.78, 5) is 11.4. The molecule has 5 heteroatoms. The van der Waals surface area contributed by atoms with Gasteiger partial charge in [-0.1, -0.05) is 36.4 Å². The lowest BCUT2D eigenvalue weighted by atomic mass is 10.1. The van der Waals surface area contributed by atoms with Crippen LogP contribution in [0.15, 0.2) is 48.5 Å². The fourth-order valence-electron chi connectivity index (χ4n) is 1.99. The molecule has 0 heterocycles. The molecular formula is C16H18N2O3. The first-order valence-corrected chi connectivity index (χ1v) is 6.61. The molecule has 21 heavy (non-hydrogen) atoms. The number of rotatable bonds is 6. The van der Waals surface area contributed by atoms with Crippen molar-refractivity contribution < 1.29 is 14.6 Å². The van der Waals surface area contributed by atoms with Crippen LogP contribution in [0.3, 0.4) is 0 Å². The van der Waals surface area contributed by atoms with Gasteiger partial charge in [0.15, 0.2) is 0 Å². The zero-order valence-electron chi connectivity index (χ0n) is 11.6. The number of benzene rings is 2. The van der Waals surface area contributed by atoms with Gasteiger partial charge >= 0.3 is 0 Å². The first-order chi connectivity index (χ1) is 10.2. The summed E-state index contributed by atoms with van der Waals surface area (Å²) in [7, 11) is 0. The van der Waals surface area contributed by atoms with Gasteiger partial charge in [-0.25, -0.2) is 5.84 Å². The Kier molecular flexibility index (Phi) is 5.31. The maximum absolute atomic E-state index is 11.4. The molecule has 4 N–H and O–H groups in total. The minimum absolute atomic E-state index is 0.0234. The third-order valence-electron chi connectivity index (χ3n) is 3.11. The normalized spacial score (nSPS) is 10.2. The smallest absolute Gasteiger partial charge is 0.238 e. The molecule has 0 saturated carbocycles. The van der Waals surface area contributed by atoms with Crippen molar-refractivity contribution in [3.63, 3.8) is 0 Å². The van der Waals surface area contributed by atoms with Gasteiger partial charge in [-0.05, 0) is 28.8 Å². The van der Waals surface area contributed by atoms with Crippen LogP contribution >= 0.6 is 0 Å². The molecule has 2 aromatic carbocycles. The summed E-state index contributed by atoms with van der Waals surface area (Å²) in [6.07, 6.45) is 0.215. The molecule has 0 fully saturated rings. The van der Waals surface area contributed by atoms with E-state index in [2.05, 4.69) is 5.43 Å². The van der Waals surface area contributed by atoms with Crippen molar-refractivity contribution in [3.05, 3.63) is 65.2 Å². The Bertz CT molecular complexity index is 614. The maximum atomic E-state index is 11.4. The number of hydrazine groups is 1. The van der Waals surface area contributed by atoms with Crippen LogP contribution in [0.2, 0.25) is 0 Å². The van der Waals surface area contributed by atoms with E-state index in [0.717, 1.165) is 16.7 Å². The van der Waals surface area contributed by atoms with E-state index in [1.54, 1.807) is 6.07 Å². The van der Waals surface area contributed by atoms with Gasteiger partial charge in [0.2, 0.25) is 5.91 Å². The van der Waals surface area contributed by atoms with Crippen molar-refractivity contribution in [2.24, 2.45) is 5.84 Å². The highest BCUT2D eigenvalue weighted by atomic mass is 16.5. The number of ether oxygens (including phenoxy) is 1. The average Bonchev–Trinajstić information content (AvgIpc) is 2.54. The number of aliphatic hydroxyl groups excluding tert-OH is 1. The summed E-state index contributed by atoms with van der Waals surface area (Å²) in [5, 5.41) is 9.11. The van der Waals surface area contributed by atoms with E-state index in [0.29, 0.717) is 12.4 Å². The van der Waals surface area contributed by atoms with Crippen molar-refractivity contribution in [1.82, 2.24) is 5.43 Å². The predicted molar refractivity (Wildman–Crippen MR) is 79.2 cm³/mol. The first kappa shape index (κ1) is 15.0. The van der Waals surface area contributed by atoms with Crippen molar-refractivity contribution in [1.29, 1.82) is 0 Å². The van der Waals surface area contributed by atoms with Crippen LogP contribution < -0.4 is 16.0 Å². The van der Waals surface area contributed by atoms with Crippen LogP contribution in [0.4, 0.5) is 0 Å². The molecule has 0 saturated heterocycles. The maximum Gasteiger partial charge on any atom is 0.238 e. The third-order valence-corrected chi connectivity index (χ3v) is 3.11. The summed E-state index contributed by atoms with van der Waals surface area (Å²) in [5.74, 6) is 5.55. The molecule has 0 aliphatic rings. The SMILES string of the molecule is NNC(=O)Cc1ccccc1COc1cccc(CO)c1. The molecule has 5 nitrogen and oxygen atoms in total. The van der Waals surface area contributed by atoms with Crippen molar-refractivity contribution >= 4 is 5.91 Å². The predicted octanol–water partition coefficient (Wildman–Crippen LogP) is 1.29. The highest BCUT2D eigenvalue weighted by Crippen LogP contribution is 2.17. The molecule has 0 radical (unpaired) electrons. The van der Waals surface area contributed by atoms with Crippen LogP contribution in [-0.2, 0) is 24.4 Å². The zero-order valence-corrected chi connectivity index (χ0v) is 11.6. The van der Waals surface area contributed by atoms with Crippen LogP contribution in [0.5, 0.6) is 5.75 Å². The molecule has 0 aliphatic heterocycles. The van der Waals surface area contributed by atoms with Crippen molar-refractivity contribution in [2.45, 2.75) is 19.6 Å². The highest BCUT2D eigenvalue weighted by molar-refractivity contribution is 5.78. The molecule has 0 aliphatic carbocycles. The van der Waals surface area contributed by atoms with Crippen LogP contribution in [0, 0.1) is 0 Å². The van der Waals surface area contributed by atoms with Gasteiger partial charge in [-0.2, -0.15) is 0 Å². The van der Waals surface area contributed by atoms with Crippen molar-refractivity contribution in [3.8, 4) is 5.75 Å². The third kappa shape index (κ3) is 4.30. The lowest BCUT2D eigenvalue weighted by molar-refractivity contribution is -0.120. The van der Waals surface area contributed by atoms with Gasteiger partial charge in [0.05, 0.1) is 13.0 Å². The first-order valence-electron chi connectivity index (χ1n) is 6.61. The highest BCUT2D eigenvalue weighted by Gasteiger charge is 2.07. The summed E-state index contributed by atoms with van der Waals surface area (Å²) in [6.45, 7) is 0.327. The second-order valence-electron chi connectivity index (χ2n) is 4.61. The Morgan fingerprint density at radius 1 is 1.14 bits per heavy atom. The van der Waals surface area contributed by atoms with Crippen LogP contribution in [-0.4, -0.2) is 11.0 Å². The minimum Gasteiger partial charge on any atom is -0.489 e. The van der Waals surface area contributed by atoms with Gasteiger partial charge in [0, 0.05) is 0 Å². The molecule has 0 unspecified atom stereocenters. The van der Waals surface area contributed by atoms with Gasteiger partial charge in [-0.15, -0.1) is 0 Å². The molecule has 1 amide bonds. The average molecular weight is 286 g/mol. The molecular weight excluding hydrogens is 268 g/mol. The lowest BCUT2D eigenvalue weighted by Gasteiger charge is -2.11. The standard InChI is InChI=1S/C16H18N2O3/c17-18-16(20)9-13-5-1-2-6-14(13)11-21-15-7-3-4-12(8-15)10-19/h1-8,19H,9-11,17H2,(H,18,20). The van der Waals surface area contributed by atoms with E-state index in [-0.39, 0.29) is 18.9 Å². The lowest BCUT2D eigenvalue weighted by Crippen LogP contribution is -2.31. The quantitative estimate of drug-likeness (QED) is 0.424. The summed E-state index contributed by atoms with van der Waals surface area (Å²) in [5.41, 5.74) is 4.72. The Hall–Kier alpha value is -2.37. The van der Waals surface area contributed by atoms with Crippen LogP contribution in [0.25, 0.3) is 0 Å². The second-order valence-corrected chi connectivity index (χ2v) is 4.61. The second kappa shape index (κ2) is 7.42. The Labute approximate surface area is 123 Å². The number of aliphatic hydroxyl groups is 1. The molecule has 0 aromatic heterocycles. The Balaban J connectivity index is 2.07. The van der Waals surface area contributed by atoms with Gasteiger partial charge < -0.3 is 9.84 Å². The summed E-state index contributed by atoms with van der Waals surface area (Å²) < 4.78 is 5.72. The number of hydrogen-bond donors (Lipinski definition) is 3. The molecule has 2 rings (SSSR count). The van der Waals surface area contributed by atoms with Crippen LogP contribution in [0.1, 0.15) is 16.7 Å². The minimum atomic E-state index is -0.246. The fraction of sp³-hybridized carbons (Fsp3) is 0.188. The number of carbonyl (C=O) groups excluding carboxylic acids is 1. The van der Waals surface area contributed by atoms with E-state index >= 15 is 0 Å². The Morgan fingerprint density at radius 2 is 1.90 bits per heavy atom. The van der Waals surface area contributed by atoms with Crippen molar-refractivity contribution in [2.75, 3.05) is 0 Å². The van der Waals surface area contributed by atoms with Gasteiger partial charge in [-0.3, -0.25) is 10.2 Å². The molecule has 2 aromatic rings. The molecule has 0 atom stereocenters. The number of nitrogens with two attached hydrogens (primary N) is 1. The number of amides is 1. The van der Waals surface area contributed by atoms with Gasteiger partial charge in [0.25, 0.3) is 0 Å². The van der Waals surface area contributed by atoms with E-state index in [1.807, 2.05) is 42.5 Å². The van der Waals surface area contributed by atoms with E-state index in [4.69, 9.17) is 15.7 Å².